The molecule has 2 N–H and O–H groups in total. The lowest BCUT2D eigenvalue weighted by Gasteiger charge is -2.11. The molecule has 0 saturated carbocycles. The third-order valence-electron chi connectivity index (χ3n) is 2.06. The Morgan fingerprint density at radius 1 is 1.47 bits per heavy atom. The Labute approximate surface area is 101 Å². The van der Waals surface area contributed by atoms with E-state index >= 15 is 0 Å². The molecule has 0 spiro atoms. The van der Waals surface area contributed by atoms with Crippen LogP contribution in [0.25, 0.3) is 0 Å². The smallest absolute Gasteiger partial charge is 0.411 e. The molecule has 1 aromatic rings. The fourth-order valence-corrected chi connectivity index (χ4v) is 1.15. The highest BCUT2D eigenvalue weighted by atomic mass is 16.5. The minimum atomic E-state index is -0.500. The maximum atomic E-state index is 10.9. The summed E-state index contributed by atoms with van der Waals surface area (Å²) in [6.07, 6.45) is 1.08. The molecule has 1 heterocycles. The van der Waals surface area contributed by atoms with Crippen LogP contribution in [-0.4, -0.2) is 50.3 Å². The van der Waals surface area contributed by atoms with Crippen molar-refractivity contribution >= 4 is 17.6 Å². The molecule has 1 rings (SSSR count). The second-order valence-corrected chi connectivity index (χ2v) is 3.78. The van der Waals surface area contributed by atoms with Gasteiger partial charge in [0, 0.05) is 13.1 Å². The van der Waals surface area contributed by atoms with Crippen molar-refractivity contribution in [2.75, 3.05) is 44.9 Å². The van der Waals surface area contributed by atoms with Crippen molar-refractivity contribution in [1.82, 2.24) is 9.88 Å². The highest BCUT2D eigenvalue weighted by Crippen LogP contribution is 2.09. The first-order valence-corrected chi connectivity index (χ1v) is 5.31. The molecule has 0 saturated heterocycles. The standard InChI is InChI=1S/C11H18N4O2/c1-15(2)7-6-12-10-5-4-9(8-13-10)14-11(16)17-3/h4-5,8H,6-7H2,1-3H3,(H,12,13)(H,14,16). The van der Waals surface area contributed by atoms with Gasteiger partial charge in [0.05, 0.1) is 19.0 Å². The Hall–Kier alpha value is -1.82. The largest absolute Gasteiger partial charge is 0.453 e. The number of amides is 1. The van der Waals surface area contributed by atoms with Crippen LogP contribution in [-0.2, 0) is 4.74 Å². The zero-order valence-corrected chi connectivity index (χ0v) is 10.4. The number of carbonyl (C=O) groups is 1. The summed E-state index contributed by atoms with van der Waals surface area (Å²) in [5, 5.41) is 5.71. The van der Waals surface area contributed by atoms with Crippen LogP contribution >= 0.6 is 0 Å². The molecule has 0 fully saturated rings. The number of nitrogens with one attached hydrogen (secondary N) is 2. The van der Waals surface area contributed by atoms with Crippen LogP contribution in [0.3, 0.4) is 0 Å². The summed E-state index contributed by atoms with van der Waals surface area (Å²) >= 11 is 0. The summed E-state index contributed by atoms with van der Waals surface area (Å²) in [4.78, 5) is 17.2. The first kappa shape index (κ1) is 13.2. The number of anilines is 2. The van der Waals surface area contributed by atoms with E-state index in [1.54, 1.807) is 18.3 Å². The predicted molar refractivity (Wildman–Crippen MR) is 67.3 cm³/mol. The Morgan fingerprint density at radius 2 is 2.24 bits per heavy atom. The Bertz CT molecular complexity index is 351. The normalized spacial score (nSPS) is 10.1. The van der Waals surface area contributed by atoms with Gasteiger partial charge in [0.2, 0.25) is 0 Å². The topological polar surface area (TPSA) is 66.5 Å². The van der Waals surface area contributed by atoms with E-state index in [4.69, 9.17) is 0 Å². The van der Waals surface area contributed by atoms with Crippen LogP contribution in [0.2, 0.25) is 0 Å². The molecule has 6 heteroatoms. The second kappa shape index (κ2) is 6.70. The molecule has 0 atom stereocenters. The molecule has 0 aliphatic carbocycles. The van der Waals surface area contributed by atoms with E-state index < -0.39 is 6.09 Å². The lowest BCUT2D eigenvalue weighted by atomic mass is 10.4. The van der Waals surface area contributed by atoms with Gasteiger partial charge in [-0.25, -0.2) is 9.78 Å². The molecule has 0 aliphatic heterocycles. The first-order valence-electron chi connectivity index (χ1n) is 5.31. The van der Waals surface area contributed by atoms with Crippen LogP contribution < -0.4 is 10.6 Å². The minimum absolute atomic E-state index is 0.500. The maximum absolute atomic E-state index is 10.9. The molecule has 0 aliphatic rings. The fourth-order valence-electron chi connectivity index (χ4n) is 1.15. The van der Waals surface area contributed by atoms with E-state index in [1.165, 1.54) is 7.11 Å². The number of carbonyl (C=O) groups excluding carboxylic acids is 1. The van der Waals surface area contributed by atoms with Gasteiger partial charge in [-0.2, -0.15) is 0 Å². The maximum Gasteiger partial charge on any atom is 0.411 e. The van der Waals surface area contributed by atoms with Gasteiger partial charge in [0.25, 0.3) is 0 Å². The van der Waals surface area contributed by atoms with E-state index in [0.717, 1.165) is 18.9 Å². The number of hydrogen-bond acceptors (Lipinski definition) is 5. The molecule has 17 heavy (non-hydrogen) atoms. The van der Waals surface area contributed by atoms with E-state index in [9.17, 15) is 4.79 Å². The molecule has 1 amide bonds. The van der Waals surface area contributed by atoms with E-state index in [1.807, 2.05) is 14.1 Å². The first-order chi connectivity index (χ1) is 8.11. The van der Waals surface area contributed by atoms with Gasteiger partial charge < -0.3 is 15.0 Å². The average Bonchev–Trinajstić information content (AvgIpc) is 2.31. The van der Waals surface area contributed by atoms with Crippen LogP contribution in [0.5, 0.6) is 0 Å². The number of methoxy groups -OCH3 is 1. The molecule has 6 nitrogen and oxygen atoms in total. The van der Waals surface area contributed by atoms with Crippen molar-refractivity contribution in [2.24, 2.45) is 0 Å². The zero-order chi connectivity index (χ0) is 12.7. The van der Waals surface area contributed by atoms with E-state index in [0.29, 0.717) is 5.69 Å². The van der Waals surface area contributed by atoms with Gasteiger partial charge in [-0.15, -0.1) is 0 Å². The van der Waals surface area contributed by atoms with E-state index in [2.05, 4.69) is 25.3 Å². The fraction of sp³-hybridized carbons (Fsp3) is 0.455. The number of ether oxygens (including phenoxy) is 1. The molecule has 1 aromatic heterocycles. The van der Waals surface area contributed by atoms with Crippen molar-refractivity contribution in [3.05, 3.63) is 18.3 Å². The monoisotopic (exact) mass is 238 g/mol. The summed E-state index contributed by atoms with van der Waals surface area (Å²) in [7, 11) is 5.34. The third kappa shape index (κ3) is 5.17. The number of aromatic nitrogens is 1. The predicted octanol–water partition coefficient (Wildman–Crippen LogP) is 1.23. The molecule has 0 aromatic carbocycles. The Kier molecular flexibility index (Phi) is 5.22. The minimum Gasteiger partial charge on any atom is -0.453 e. The van der Waals surface area contributed by atoms with Crippen LogP contribution in [0.4, 0.5) is 16.3 Å². The van der Waals surface area contributed by atoms with Crippen LogP contribution in [0, 0.1) is 0 Å². The summed E-state index contributed by atoms with van der Waals surface area (Å²) in [5.74, 6) is 0.780. The molecular weight excluding hydrogens is 220 g/mol. The number of pyridine rings is 1. The lowest BCUT2D eigenvalue weighted by molar-refractivity contribution is 0.187. The SMILES string of the molecule is COC(=O)Nc1ccc(NCCN(C)C)nc1. The number of likely N-dealkylation sites (N-methyl/N-ethyl adjacent to an activating group) is 1. The van der Waals surface area contributed by atoms with Gasteiger partial charge in [0.1, 0.15) is 5.82 Å². The lowest BCUT2D eigenvalue weighted by Crippen LogP contribution is -2.21. The van der Waals surface area contributed by atoms with Gasteiger partial charge >= 0.3 is 6.09 Å². The van der Waals surface area contributed by atoms with Gasteiger partial charge in [-0.1, -0.05) is 0 Å². The molecule has 94 valence electrons. The second-order valence-electron chi connectivity index (χ2n) is 3.78. The summed E-state index contributed by atoms with van der Waals surface area (Å²) in [5.41, 5.74) is 0.606. The van der Waals surface area contributed by atoms with Gasteiger partial charge in [0.15, 0.2) is 0 Å². The number of rotatable bonds is 5. The summed E-state index contributed by atoms with van der Waals surface area (Å²) in [6, 6.07) is 3.57. The highest BCUT2D eigenvalue weighted by Gasteiger charge is 2.00. The molecule has 0 unspecified atom stereocenters. The van der Waals surface area contributed by atoms with Crippen LogP contribution in [0.15, 0.2) is 18.3 Å². The molecule has 0 bridgehead atoms. The number of hydrogen-bond donors (Lipinski definition) is 2. The third-order valence-corrected chi connectivity index (χ3v) is 2.06. The van der Waals surface area contributed by atoms with Crippen molar-refractivity contribution in [3.8, 4) is 0 Å². The zero-order valence-electron chi connectivity index (χ0n) is 10.4. The Morgan fingerprint density at radius 3 is 2.76 bits per heavy atom. The Balaban J connectivity index is 2.42. The van der Waals surface area contributed by atoms with Gasteiger partial charge in [-0.3, -0.25) is 5.32 Å². The van der Waals surface area contributed by atoms with Crippen molar-refractivity contribution in [1.29, 1.82) is 0 Å². The van der Waals surface area contributed by atoms with Crippen molar-refractivity contribution < 1.29 is 9.53 Å². The number of nitrogens with zero attached hydrogens (tertiary/aromatic N) is 2. The van der Waals surface area contributed by atoms with Crippen molar-refractivity contribution in [3.63, 3.8) is 0 Å². The summed E-state index contributed by atoms with van der Waals surface area (Å²) in [6.45, 7) is 1.76. The van der Waals surface area contributed by atoms with E-state index in [-0.39, 0.29) is 0 Å². The van der Waals surface area contributed by atoms with Gasteiger partial charge in [-0.05, 0) is 26.2 Å². The average molecular weight is 238 g/mol. The quantitative estimate of drug-likeness (QED) is 0.807. The summed E-state index contributed by atoms with van der Waals surface area (Å²) < 4.78 is 4.48. The van der Waals surface area contributed by atoms with Crippen LogP contribution in [0.1, 0.15) is 0 Å². The highest BCUT2D eigenvalue weighted by molar-refractivity contribution is 5.84. The molecule has 0 radical (unpaired) electrons. The molecular formula is C11H18N4O2. The van der Waals surface area contributed by atoms with Crippen molar-refractivity contribution in [2.45, 2.75) is 0 Å².